The number of benzene rings is 1. The Morgan fingerprint density at radius 3 is 2.78 bits per heavy atom. The molecule has 0 amide bonds. The molecule has 0 spiro atoms. The fourth-order valence-corrected chi connectivity index (χ4v) is 3.10. The van der Waals surface area contributed by atoms with Crippen LogP contribution in [-0.4, -0.2) is 19.9 Å². The number of rotatable bonds is 6. The predicted octanol–water partition coefficient (Wildman–Crippen LogP) is 2.87. The van der Waals surface area contributed by atoms with E-state index in [1.165, 1.54) is 11.8 Å². The van der Waals surface area contributed by atoms with Gasteiger partial charge in [0.2, 0.25) is 0 Å². The summed E-state index contributed by atoms with van der Waals surface area (Å²) in [7, 11) is -3.13. The van der Waals surface area contributed by atoms with E-state index in [1.807, 2.05) is 11.5 Å². The van der Waals surface area contributed by atoms with Gasteiger partial charge in [-0.15, -0.1) is 0 Å². The van der Waals surface area contributed by atoms with Gasteiger partial charge in [-0.2, -0.15) is 5.26 Å². The summed E-state index contributed by atoms with van der Waals surface area (Å²) in [5.74, 6) is 1.24. The highest BCUT2D eigenvalue weighted by molar-refractivity contribution is 8.03. The first-order valence-electron chi connectivity index (χ1n) is 5.82. The summed E-state index contributed by atoms with van der Waals surface area (Å²) in [4.78, 5) is 0.391. The molecule has 5 heteroatoms. The molecule has 0 aliphatic carbocycles. The number of hydrogen-bond donors (Lipinski definition) is 0. The molecule has 0 bridgehead atoms. The molecule has 0 radical (unpaired) electrons. The van der Waals surface area contributed by atoms with Gasteiger partial charge in [-0.25, -0.2) is 8.42 Å². The van der Waals surface area contributed by atoms with Crippen molar-refractivity contribution in [2.75, 3.05) is 11.5 Å². The van der Waals surface area contributed by atoms with Crippen LogP contribution in [0.3, 0.4) is 0 Å². The molecule has 18 heavy (non-hydrogen) atoms. The molecule has 0 N–H and O–H groups in total. The van der Waals surface area contributed by atoms with Gasteiger partial charge in [-0.1, -0.05) is 26.0 Å². The normalized spacial score (nSPS) is 12.9. The van der Waals surface area contributed by atoms with Crippen LogP contribution in [0.5, 0.6) is 0 Å². The van der Waals surface area contributed by atoms with Crippen molar-refractivity contribution in [3.05, 3.63) is 29.8 Å². The highest BCUT2D eigenvalue weighted by atomic mass is 32.2. The molecule has 3 nitrogen and oxygen atoms in total. The van der Waals surface area contributed by atoms with Crippen LogP contribution < -0.4 is 0 Å². The van der Waals surface area contributed by atoms with Crippen molar-refractivity contribution in [3.8, 4) is 5.40 Å². The highest BCUT2D eigenvalue weighted by Crippen LogP contribution is 2.17. The van der Waals surface area contributed by atoms with Crippen molar-refractivity contribution < 1.29 is 8.42 Å². The SMILES string of the molecule is CCS(=O)(=O)c1cccc(CC(C)CSC#N)c1. The summed E-state index contributed by atoms with van der Waals surface area (Å²) in [6.45, 7) is 3.71. The van der Waals surface area contributed by atoms with E-state index in [1.54, 1.807) is 25.1 Å². The van der Waals surface area contributed by atoms with Gasteiger partial charge in [-0.05, 0) is 41.8 Å². The summed E-state index contributed by atoms with van der Waals surface area (Å²) in [6, 6.07) is 7.09. The first-order chi connectivity index (χ1) is 8.49. The van der Waals surface area contributed by atoms with Crippen LogP contribution in [0.15, 0.2) is 29.2 Å². The molecular formula is C13H17NO2S2. The molecule has 1 atom stereocenters. The number of nitrogens with zero attached hydrogens (tertiary/aromatic N) is 1. The Bertz CT molecular complexity index is 532. The molecule has 0 aliphatic rings. The minimum atomic E-state index is -3.13. The summed E-state index contributed by atoms with van der Waals surface area (Å²) in [6.07, 6.45) is 0.793. The Morgan fingerprint density at radius 1 is 1.44 bits per heavy atom. The lowest BCUT2D eigenvalue weighted by Crippen LogP contribution is -2.06. The standard InChI is InChI=1S/C13H17NO2S2/c1-3-18(15,16)13-6-4-5-12(8-13)7-11(2)9-17-10-14/h4-6,8,11H,3,7,9H2,1-2H3. The Labute approximate surface area is 113 Å². The lowest BCUT2D eigenvalue weighted by molar-refractivity contribution is 0.596. The lowest BCUT2D eigenvalue weighted by Gasteiger charge is -2.10. The van der Waals surface area contributed by atoms with E-state index in [0.717, 1.165) is 17.7 Å². The molecule has 1 aromatic carbocycles. The second-order valence-corrected chi connectivity index (χ2v) is 7.35. The van der Waals surface area contributed by atoms with Crippen LogP contribution in [0.2, 0.25) is 0 Å². The van der Waals surface area contributed by atoms with Crippen LogP contribution in [-0.2, 0) is 16.3 Å². The van der Waals surface area contributed by atoms with Gasteiger partial charge in [0.1, 0.15) is 5.40 Å². The molecule has 0 fully saturated rings. The summed E-state index contributed by atoms with van der Waals surface area (Å²) in [5.41, 5.74) is 1.01. The van der Waals surface area contributed by atoms with Crippen molar-refractivity contribution in [3.63, 3.8) is 0 Å². The summed E-state index contributed by atoms with van der Waals surface area (Å²) in [5, 5.41) is 10.5. The van der Waals surface area contributed by atoms with E-state index in [4.69, 9.17) is 5.26 Å². The van der Waals surface area contributed by atoms with Crippen molar-refractivity contribution in [2.24, 2.45) is 5.92 Å². The van der Waals surface area contributed by atoms with E-state index in [0.29, 0.717) is 10.8 Å². The molecule has 0 saturated heterocycles. The third-order valence-electron chi connectivity index (χ3n) is 2.65. The van der Waals surface area contributed by atoms with Crippen molar-refractivity contribution >= 4 is 21.6 Å². The van der Waals surface area contributed by atoms with E-state index in [2.05, 4.69) is 6.92 Å². The molecule has 0 saturated carbocycles. The van der Waals surface area contributed by atoms with E-state index in [-0.39, 0.29) is 5.75 Å². The fourth-order valence-electron chi connectivity index (χ4n) is 1.67. The number of thioether (sulfide) groups is 1. The van der Waals surface area contributed by atoms with E-state index in [9.17, 15) is 8.42 Å². The minimum absolute atomic E-state index is 0.121. The second kappa shape index (κ2) is 6.81. The van der Waals surface area contributed by atoms with Gasteiger partial charge in [-0.3, -0.25) is 0 Å². The Morgan fingerprint density at radius 2 is 2.17 bits per heavy atom. The quantitative estimate of drug-likeness (QED) is 0.753. The van der Waals surface area contributed by atoms with Crippen LogP contribution in [0, 0.1) is 16.6 Å². The average Bonchev–Trinajstić information content (AvgIpc) is 2.36. The van der Waals surface area contributed by atoms with Crippen molar-refractivity contribution in [1.29, 1.82) is 5.26 Å². The molecule has 0 aliphatic heterocycles. The van der Waals surface area contributed by atoms with E-state index >= 15 is 0 Å². The first kappa shape index (κ1) is 15.1. The van der Waals surface area contributed by atoms with Crippen LogP contribution in [0.4, 0.5) is 0 Å². The lowest BCUT2D eigenvalue weighted by atomic mass is 10.0. The average molecular weight is 283 g/mol. The zero-order chi connectivity index (χ0) is 13.6. The molecule has 98 valence electrons. The highest BCUT2D eigenvalue weighted by Gasteiger charge is 2.12. The third-order valence-corrected chi connectivity index (χ3v) is 5.25. The van der Waals surface area contributed by atoms with Gasteiger partial charge >= 0.3 is 0 Å². The monoisotopic (exact) mass is 283 g/mol. The third kappa shape index (κ3) is 4.35. The largest absolute Gasteiger partial charge is 0.224 e. The molecule has 0 heterocycles. The zero-order valence-electron chi connectivity index (χ0n) is 10.6. The maximum absolute atomic E-state index is 11.8. The topological polar surface area (TPSA) is 57.9 Å². The smallest absolute Gasteiger partial charge is 0.178 e. The van der Waals surface area contributed by atoms with E-state index < -0.39 is 9.84 Å². The predicted molar refractivity (Wildman–Crippen MR) is 75.1 cm³/mol. The van der Waals surface area contributed by atoms with Crippen LogP contribution in [0.25, 0.3) is 0 Å². The number of hydrogen-bond acceptors (Lipinski definition) is 4. The summed E-state index contributed by atoms with van der Waals surface area (Å²) < 4.78 is 23.5. The Hall–Kier alpha value is -0.990. The molecule has 1 rings (SSSR count). The molecule has 0 aromatic heterocycles. The fraction of sp³-hybridized carbons (Fsp3) is 0.462. The Kier molecular flexibility index (Phi) is 5.70. The molecule has 1 aromatic rings. The van der Waals surface area contributed by atoms with Gasteiger partial charge in [0.15, 0.2) is 9.84 Å². The second-order valence-electron chi connectivity index (χ2n) is 4.26. The van der Waals surface area contributed by atoms with Gasteiger partial charge in [0.05, 0.1) is 10.6 Å². The number of thiocyanates is 1. The van der Waals surface area contributed by atoms with Crippen molar-refractivity contribution in [2.45, 2.75) is 25.2 Å². The van der Waals surface area contributed by atoms with Crippen molar-refractivity contribution in [1.82, 2.24) is 0 Å². The van der Waals surface area contributed by atoms with Gasteiger partial charge in [0, 0.05) is 5.75 Å². The van der Waals surface area contributed by atoms with Crippen LogP contribution in [0.1, 0.15) is 19.4 Å². The maximum atomic E-state index is 11.8. The minimum Gasteiger partial charge on any atom is -0.224 e. The Balaban J connectivity index is 2.81. The maximum Gasteiger partial charge on any atom is 0.178 e. The molecular weight excluding hydrogens is 266 g/mol. The summed E-state index contributed by atoms with van der Waals surface area (Å²) >= 11 is 1.24. The van der Waals surface area contributed by atoms with Gasteiger partial charge in [0.25, 0.3) is 0 Å². The first-order valence-corrected chi connectivity index (χ1v) is 8.46. The molecule has 1 unspecified atom stereocenters. The van der Waals surface area contributed by atoms with Gasteiger partial charge < -0.3 is 0 Å². The van der Waals surface area contributed by atoms with Crippen LogP contribution >= 0.6 is 11.8 Å². The number of nitriles is 1. The zero-order valence-corrected chi connectivity index (χ0v) is 12.2. The number of sulfone groups is 1.